The van der Waals surface area contributed by atoms with Crippen LogP contribution in [0, 0.1) is 0 Å². The Hall–Kier alpha value is -1.35. The first-order chi connectivity index (χ1) is 10.1. The lowest BCUT2D eigenvalue weighted by Crippen LogP contribution is -2.52. The third kappa shape index (κ3) is 3.29. The van der Waals surface area contributed by atoms with Crippen molar-refractivity contribution in [1.29, 1.82) is 0 Å². The van der Waals surface area contributed by atoms with Gasteiger partial charge < -0.3 is 10.4 Å². The van der Waals surface area contributed by atoms with Crippen LogP contribution < -0.4 is 5.32 Å². The SMILES string of the molecule is CCC(CC)(C(=O)NC1CCCCC1O)c1ccccc1. The van der Waals surface area contributed by atoms with Crippen molar-refractivity contribution in [2.75, 3.05) is 0 Å². The highest BCUT2D eigenvalue weighted by Gasteiger charge is 2.38. The molecule has 2 unspecified atom stereocenters. The van der Waals surface area contributed by atoms with E-state index in [2.05, 4.69) is 19.2 Å². The minimum absolute atomic E-state index is 0.0599. The van der Waals surface area contributed by atoms with E-state index >= 15 is 0 Å². The normalized spacial score (nSPS) is 22.8. The van der Waals surface area contributed by atoms with Crippen LogP contribution in [0.3, 0.4) is 0 Å². The minimum Gasteiger partial charge on any atom is -0.391 e. The summed E-state index contributed by atoms with van der Waals surface area (Å²) in [6.07, 6.45) is 4.94. The summed E-state index contributed by atoms with van der Waals surface area (Å²) >= 11 is 0. The molecule has 1 aliphatic rings. The van der Waals surface area contributed by atoms with E-state index in [9.17, 15) is 9.90 Å². The quantitative estimate of drug-likeness (QED) is 0.874. The lowest BCUT2D eigenvalue weighted by Gasteiger charge is -2.35. The number of rotatable bonds is 5. The molecule has 1 saturated carbocycles. The zero-order valence-corrected chi connectivity index (χ0v) is 13.1. The standard InChI is InChI=1S/C18H27NO2/c1-3-18(4-2,14-10-6-5-7-11-14)17(21)19-15-12-8-9-13-16(15)20/h5-7,10-11,15-16,20H,3-4,8-9,12-13H2,1-2H3,(H,19,21). The van der Waals surface area contributed by atoms with Crippen molar-refractivity contribution in [3.63, 3.8) is 0 Å². The first-order valence-electron chi connectivity index (χ1n) is 8.18. The molecule has 0 aliphatic heterocycles. The summed E-state index contributed by atoms with van der Waals surface area (Å²) in [5, 5.41) is 13.2. The Kier molecular flexibility index (Phi) is 5.40. The summed E-state index contributed by atoms with van der Waals surface area (Å²) in [5.74, 6) is 0.0599. The van der Waals surface area contributed by atoms with Crippen LogP contribution in [-0.4, -0.2) is 23.2 Å². The molecule has 1 amide bonds. The number of nitrogens with one attached hydrogen (secondary N) is 1. The summed E-state index contributed by atoms with van der Waals surface area (Å²) in [5.41, 5.74) is 0.580. The van der Waals surface area contributed by atoms with Gasteiger partial charge in [0, 0.05) is 0 Å². The Morgan fingerprint density at radius 2 is 1.81 bits per heavy atom. The number of amides is 1. The van der Waals surface area contributed by atoms with Gasteiger partial charge in [-0.3, -0.25) is 4.79 Å². The highest BCUT2D eigenvalue weighted by Crippen LogP contribution is 2.32. The fourth-order valence-corrected chi connectivity index (χ4v) is 3.45. The lowest BCUT2D eigenvalue weighted by molar-refractivity contribution is -0.129. The van der Waals surface area contributed by atoms with Gasteiger partial charge in [-0.2, -0.15) is 0 Å². The number of aliphatic hydroxyl groups excluding tert-OH is 1. The number of hydrogen-bond donors (Lipinski definition) is 2. The molecule has 1 fully saturated rings. The van der Waals surface area contributed by atoms with Crippen molar-refractivity contribution in [3.8, 4) is 0 Å². The molecule has 2 rings (SSSR count). The molecule has 0 saturated heterocycles. The van der Waals surface area contributed by atoms with Gasteiger partial charge in [-0.25, -0.2) is 0 Å². The number of carbonyl (C=O) groups is 1. The van der Waals surface area contributed by atoms with Crippen molar-refractivity contribution < 1.29 is 9.90 Å². The third-order valence-electron chi connectivity index (χ3n) is 5.01. The van der Waals surface area contributed by atoms with Gasteiger partial charge in [0.15, 0.2) is 0 Å². The van der Waals surface area contributed by atoms with Crippen LogP contribution in [0.1, 0.15) is 57.9 Å². The Bertz CT molecular complexity index is 454. The molecular formula is C18H27NO2. The maximum atomic E-state index is 12.9. The van der Waals surface area contributed by atoms with Gasteiger partial charge >= 0.3 is 0 Å². The highest BCUT2D eigenvalue weighted by molar-refractivity contribution is 5.88. The van der Waals surface area contributed by atoms with Gasteiger partial charge in [0.05, 0.1) is 17.6 Å². The van der Waals surface area contributed by atoms with E-state index in [0.29, 0.717) is 0 Å². The fourth-order valence-electron chi connectivity index (χ4n) is 3.45. The third-order valence-corrected chi connectivity index (χ3v) is 5.01. The molecule has 3 nitrogen and oxygen atoms in total. The maximum absolute atomic E-state index is 12.9. The second kappa shape index (κ2) is 7.08. The summed E-state index contributed by atoms with van der Waals surface area (Å²) in [6, 6.07) is 9.92. The molecule has 116 valence electrons. The van der Waals surface area contributed by atoms with E-state index in [4.69, 9.17) is 0 Å². The fraction of sp³-hybridized carbons (Fsp3) is 0.611. The van der Waals surface area contributed by atoms with Crippen LogP contribution in [0.4, 0.5) is 0 Å². The Morgan fingerprint density at radius 1 is 1.19 bits per heavy atom. The highest BCUT2D eigenvalue weighted by atomic mass is 16.3. The van der Waals surface area contributed by atoms with Crippen LogP contribution in [0.2, 0.25) is 0 Å². The van der Waals surface area contributed by atoms with Crippen molar-refractivity contribution in [1.82, 2.24) is 5.32 Å². The first-order valence-corrected chi connectivity index (χ1v) is 8.18. The molecule has 2 atom stereocenters. The van der Waals surface area contributed by atoms with Gasteiger partial charge in [0.25, 0.3) is 0 Å². The van der Waals surface area contributed by atoms with Gasteiger partial charge in [-0.15, -0.1) is 0 Å². The largest absolute Gasteiger partial charge is 0.391 e. The zero-order chi connectivity index (χ0) is 15.3. The number of carbonyl (C=O) groups excluding carboxylic acids is 1. The maximum Gasteiger partial charge on any atom is 0.230 e. The molecule has 0 spiro atoms. The first kappa shape index (κ1) is 16.0. The minimum atomic E-state index is -0.488. The molecule has 0 radical (unpaired) electrons. The van der Waals surface area contributed by atoms with Crippen LogP contribution >= 0.6 is 0 Å². The van der Waals surface area contributed by atoms with E-state index < -0.39 is 11.5 Å². The van der Waals surface area contributed by atoms with Crippen LogP contribution in [0.15, 0.2) is 30.3 Å². The second-order valence-electron chi connectivity index (χ2n) is 6.09. The van der Waals surface area contributed by atoms with Crippen molar-refractivity contribution in [2.24, 2.45) is 0 Å². The van der Waals surface area contributed by atoms with Gasteiger partial charge in [-0.05, 0) is 31.2 Å². The molecule has 0 aromatic heterocycles. The summed E-state index contributed by atoms with van der Waals surface area (Å²) in [4.78, 5) is 12.9. The predicted octanol–water partition coefficient (Wildman–Crippen LogP) is 3.16. The van der Waals surface area contributed by atoms with Gasteiger partial charge in [0.1, 0.15) is 0 Å². The smallest absolute Gasteiger partial charge is 0.230 e. The molecule has 1 aromatic rings. The van der Waals surface area contributed by atoms with Crippen molar-refractivity contribution in [3.05, 3.63) is 35.9 Å². The number of benzene rings is 1. The average molecular weight is 289 g/mol. The predicted molar refractivity (Wildman–Crippen MR) is 85.1 cm³/mol. The molecule has 1 aliphatic carbocycles. The number of hydrogen-bond acceptors (Lipinski definition) is 2. The molecule has 1 aromatic carbocycles. The monoisotopic (exact) mass is 289 g/mol. The summed E-state index contributed by atoms with van der Waals surface area (Å²) in [7, 11) is 0. The van der Waals surface area contributed by atoms with Gasteiger partial charge in [-0.1, -0.05) is 57.0 Å². The van der Waals surface area contributed by atoms with E-state index in [1.807, 2.05) is 30.3 Å². The molecule has 0 heterocycles. The van der Waals surface area contributed by atoms with E-state index in [0.717, 1.165) is 44.1 Å². The molecular weight excluding hydrogens is 262 g/mol. The second-order valence-corrected chi connectivity index (χ2v) is 6.09. The van der Waals surface area contributed by atoms with Crippen molar-refractivity contribution >= 4 is 5.91 Å². The number of aliphatic hydroxyl groups is 1. The van der Waals surface area contributed by atoms with E-state index in [1.165, 1.54) is 0 Å². The summed E-state index contributed by atoms with van der Waals surface area (Å²) in [6.45, 7) is 4.13. The Labute approximate surface area is 127 Å². The van der Waals surface area contributed by atoms with Crippen molar-refractivity contribution in [2.45, 2.75) is 69.9 Å². The zero-order valence-electron chi connectivity index (χ0n) is 13.1. The Morgan fingerprint density at radius 3 is 2.38 bits per heavy atom. The molecule has 21 heavy (non-hydrogen) atoms. The Balaban J connectivity index is 2.19. The van der Waals surface area contributed by atoms with Crippen LogP contribution in [0.5, 0.6) is 0 Å². The van der Waals surface area contributed by atoms with Crippen LogP contribution in [-0.2, 0) is 10.2 Å². The van der Waals surface area contributed by atoms with E-state index in [-0.39, 0.29) is 11.9 Å². The van der Waals surface area contributed by atoms with E-state index in [1.54, 1.807) is 0 Å². The molecule has 3 heteroatoms. The van der Waals surface area contributed by atoms with Crippen LogP contribution in [0.25, 0.3) is 0 Å². The lowest BCUT2D eigenvalue weighted by atomic mass is 9.74. The topological polar surface area (TPSA) is 49.3 Å². The summed E-state index contributed by atoms with van der Waals surface area (Å²) < 4.78 is 0. The average Bonchev–Trinajstić information content (AvgIpc) is 2.52. The molecule has 0 bridgehead atoms. The van der Waals surface area contributed by atoms with Gasteiger partial charge in [0.2, 0.25) is 5.91 Å². The molecule has 2 N–H and O–H groups in total.